The molecule has 1 aromatic rings. The van der Waals surface area contributed by atoms with Crippen molar-refractivity contribution in [2.45, 2.75) is 20.8 Å². The summed E-state index contributed by atoms with van der Waals surface area (Å²) in [5.74, 6) is 0. The normalized spacial score (nSPS) is 9.94. The zero-order valence-electron chi connectivity index (χ0n) is 10.4. The van der Waals surface area contributed by atoms with Gasteiger partial charge in [-0.1, -0.05) is 0 Å². The van der Waals surface area contributed by atoms with Crippen LogP contribution in [0.2, 0.25) is 0 Å². The second kappa shape index (κ2) is 6.10. The summed E-state index contributed by atoms with van der Waals surface area (Å²) in [6.45, 7) is 8.84. The van der Waals surface area contributed by atoms with Crippen LogP contribution in [-0.2, 0) is 0 Å². The molecule has 0 atom stereocenters. The van der Waals surface area contributed by atoms with Gasteiger partial charge in [0, 0.05) is 25.3 Å². The van der Waals surface area contributed by atoms with Gasteiger partial charge in [0.25, 0.3) is 0 Å². The lowest BCUT2D eigenvalue weighted by molar-refractivity contribution is 1.18. The minimum Gasteiger partial charge on any atom is -0.395 e. The van der Waals surface area contributed by atoms with Crippen LogP contribution in [0.1, 0.15) is 20.8 Å². The highest BCUT2D eigenvalue weighted by molar-refractivity contribution is 5.84. The van der Waals surface area contributed by atoms with Crippen molar-refractivity contribution in [3.63, 3.8) is 0 Å². The maximum Gasteiger partial charge on any atom is 0.0787 e. The van der Waals surface area contributed by atoms with Gasteiger partial charge in [-0.15, -0.1) is 0 Å². The van der Waals surface area contributed by atoms with Gasteiger partial charge in [-0.05, 0) is 32.9 Å². The second-order valence-corrected chi connectivity index (χ2v) is 3.58. The molecule has 5 N–H and O–H groups in total. The second-order valence-electron chi connectivity index (χ2n) is 3.58. The summed E-state index contributed by atoms with van der Waals surface area (Å²) < 4.78 is 0. The van der Waals surface area contributed by atoms with Gasteiger partial charge in [-0.2, -0.15) is 0 Å². The zero-order chi connectivity index (χ0) is 12.0. The van der Waals surface area contributed by atoms with Gasteiger partial charge < -0.3 is 21.7 Å². The van der Waals surface area contributed by atoms with E-state index >= 15 is 0 Å². The number of nitrogens with two attached hydrogens (primary N) is 1. The molecule has 0 amide bonds. The van der Waals surface area contributed by atoms with Gasteiger partial charge in [0.2, 0.25) is 0 Å². The molecule has 4 nitrogen and oxygen atoms in total. The smallest absolute Gasteiger partial charge is 0.0787 e. The molecule has 0 heterocycles. The molecule has 0 fully saturated rings. The summed E-state index contributed by atoms with van der Waals surface area (Å²) in [5, 5.41) is 9.83. The molecule has 0 saturated carbocycles. The lowest BCUT2D eigenvalue weighted by Crippen LogP contribution is -2.08. The van der Waals surface area contributed by atoms with Gasteiger partial charge >= 0.3 is 0 Å². The quantitative estimate of drug-likeness (QED) is 0.559. The third-order valence-corrected chi connectivity index (χ3v) is 2.30. The van der Waals surface area contributed by atoms with Crippen molar-refractivity contribution in [2.75, 3.05) is 41.3 Å². The topological polar surface area (TPSA) is 62.1 Å². The summed E-state index contributed by atoms with van der Waals surface area (Å²) in [4.78, 5) is 0. The molecule has 0 aliphatic rings. The predicted octanol–water partition coefficient (Wildman–Crippen LogP) is 2.56. The highest BCUT2D eigenvalue weighted by Crippen LogP contribution is 2.31. The average Bonchev–Trinajstić information content (AvgIpc) is 2.26. The van der Waals surface area contributed by atoms with E-state index < -0.39 is 0 Å². The minimum absolute atomic E-state index is 0.783. The third-order valence-electron chi connectivity index (χ3n) is 2.30. The molecule has 16 heavy (non-hydrogen) atoms. The fraction of sp³-hybridized carbons (Fsp3) is 0.500. The van der Waals surface area contributed by atoms with E-state index in [0.29, 0.717) is 0 Å². The standard InChI is InChI=1S/C12H22N4/c1-4-14-9-7-10(15-5-2)12(13)11(8-9)16-6-3/h7-8,14-16H,4-6,13H2,1-3H3. The molecular weight excluding hydrogens is 200 g/mol. The fourth-order valence-electron chi connectivity index (χ4n) is 1.63. The Balaban J connectivity index is 3.05. The Morgan fingerprint density at radius 3 is 1.69 bits per heavy atom. The summed E-state index contributed by atoms with van der Waals surface area (Å²) in [6, 6.07) is 4.09. The Morgan fingerprint density at radius 2 is 1.31 bits per heavy atom. The molecule has 0 saturated heterocycles. The number of hydrogen-bond donors (Lipinski definition) is 4. The first-order valence-electron chi connectivity index (χ1n) is 5.88. The van der Waals surface area contributed by atoms with Gasteiger partial charge in [0.05, 0.1) is 17.1 Å². The van der Waals surface area contributed by atoms with Crippen LogP contribution in [0, 0.1) is 0 Å². The van der Waals surface area contributed by atoms with E-state index in [1.807, 2.05) is 12.1 Å². The summed E-state index contributed by atoms with van der Waals surface area (Å²) >= 11 is 0. The fourth-order valence-corrected chi connectivity index (χ4v) is 1.63. The van der Waals surface area contributed by atoms with Crippen LogP contribution in [0.4, 0.5) is 22.7 Å². The number of nitrogens with one attached hydrogen (secondary N) is 3. The van der Waals surface area contributed by atoms with Crippen LogP contribution in [-0.4, -0.2) is 19.6 Å². The maximum atomic E-state index is 6.07. The Bertz CT molecular complexity index is 309. The lowest BCUT2D eigenvalue weighted by atomic mass is 10.2. The van der Waals surface area contributed by atoms with Crippen LogP contribution < -0.4 is 21.7 Å². The molecule has 0 aromatic heterocycles. The van der Waals surface area contributed by atoms with Crippen molar-refractivity contribution in [1.82, 2.24) is 0 Å². The molecule has 90 valence electrons. The van der Waals surface area contributed by atoms with Crippen LogP contribution in [0.3, 0.4) is 0 Å². The predicted molar refractivity (Wildman–Crippen MR) is 73.3 cm³/mol. The number of rotatable bonds is 6. The van der Waals surface area contributed by atoms with Crippen LogP contribution in [0.15, 0.2) is 12.1 Å². The number of nitrogen functional groups attached to an aromatic ring is 1. The van der Waals surface area contributed by atoms with E-state index in [0.717, 1.165) is 42.4 Å². The number of anilines is 4. The van der Waals surface area contributed by atoms with Gasteiger partial charge in [-0.25, -0.2) is 0 Å². The van der Waals surface area contributed by atoms with Gasteiger partial charge in [-0.3, -0.25) is 0 Å². The van der Waals surface area contributed by atoms with E-state index in [4.69, 9.17) is 5.73 Å². The van der Waals surface area contributed by atoms with Crippen molar-refractivity contribution in [3.05, 3.63) is 12.1 Å². The average molecular weight is 222 g/mol. The molecule has 0 spiro atoms. The Morgan fingerprint density at radius 1 is 0.875 bits per heavy atom. The van der Waals surface area contributed by atoms with Crippen molar-refractivity contribution >= 4 is 22.7 Å². The summed E-state index contributed by atoms with van der Waals surface area (Å²) in [5.41, 5.74) is 9.90. The largest absolute Gasteiger partial charge is 0.395 e. The first-order chi connectivity index (χ1) is 7.72. The molecule has 0 bridgehead atoms. The van der Waals surface area contributed by atoms with E-state index in [2.05, 4.69) is 36.7 Å². The first kappa shape index (κ1) is 12.5. The van der Waals surface area contributed by atoms with Gasteiger partial charge in [0.1, 0.15) is 0 Å². The van der Waals surface area contributed by atoms with Crippen LogP contribution in [0.25, 0.3) is 0 Å². The minimum atomic E-state index is 0.783. The lowest BCUT2D eigenvalue weighted by Gasteiger charge is -2.16. The molecule has 0 aliphatic carbocycles. The zero-order valence-corrected chi connectivity index (χ0v) is 10.4. The van der Waals surface area contributed by atoms with Crippen LogP contribution in [0.5, 0.6) is 0 Å². The Labute approximate surface area is 97.6 Å². The summed E-state index contributed by atoms with van der Waals surface area (Å²) in [7, 11) is 0. The monoisotopic (exact) mass is 222 g/mol. The van der Waals surface area contributed by atoms with Gasteiger partial charge in [0.15, 0.2) is 0 Å². The van der Waals surface area contributed by atoms with E-state index in [9.17, 15) is 0 Å². The molecule has 1 aromatic carbocycles. The Hall–Kier alpha value is -1.58. The van der Waals surface area contributed by atoms with E-state index in [1.165, 1.54) is 0 Å². The first-order valence-corrected chi connectivity index (χ1v) is 5.88. The van der Waals surface area contributed by atoms with Crippen molar-refractivity contribution in [2.24, 2.45) is 0 Å². The maximum absolute atomic E-state index is 6.07. The number of hydrogen-bond acceptors (Lipinski definition) is 4. The van der Waals surface area contributed by atoms with Crippen molar-refractivity contribution < 1.29 is 0 Å². The highest BCUT2D eigenvalue weighted by atomic mass is 15.0. The molecule has 0 radical (unpaired) electrons. The Kier molecular flexibility index (Phi) is 4.76. The van der Waals surface area contributed by atoms with Crippen LogP contribution >= 0.6 is 0 Å². The number of benzene rings is 1. The third kappa shape index (κ3) is 2.95. The van der Waals surface area contributed by atoms with Crippen molar-refractivity contribution in [1.29, 1.82) is 0 Å². The van der Waals surface area contributed by atoms with E-state index in [1.54, 1.807) is 0 Å². The summed E-state index contributed by atoms with van der Waals surface area (Å²) in [6.07, 6.45) is 0. The molecule has 0 unspecified atom stereocenters. The molecule has 1 rings (SSSR count). The van der Waals surface area contributed by atoms with Crippen molar-refractivity contribution in [3.8, 4) is 0 Å². The molecule has 0 aliphatic heterocycles. The van der Waals surface area contributed by atoms with E-state index in [-0.39, 0.29) is 0 Å². The SMILES string of the molecule is CCNc1cc(NCC)c(N)c(NCC)c1. The highest BCUT2D eigenvalue weighted by Gasteiger charge is 2.06. The molecule has 4 heteroatoms. The molecular formula is C12H22N4.